The standard InChI is InChI=1S/C24H25N3O3S/c1-30-20-10-4-3-9-19(20)27-15-17(13-22(27)28)24(29)26-12-6-7-16(14-26)23-25-18-8-2-5-11-21(18)31-23/h2-5,8-11,16-17H,6-7,12-15H2,1H3. The van der Waals surface area contributed by atoms with Crippen LogP contribution in [0.25, 0.3) is 10.2 Å². The Hall–Kier alpha value is -2.93. The van der Waals surface area contributed by atoms with Gasteiger partial charge in [0.2, 0.25) is 11.8 Å². The molecule has 31 heavy (non-hydrogen) atoms. The van der Waals surface area contributed by atoms with Crippen LogP contribution in [0.2, 0.25) is 0 Å². The predicted octanol–water partition coefficient (Wildman–Crippen LogP) is 4.06. The largest absolute Gasteiger partial charge is 0.495 e. The lowest BCUT2D eigenvalue weighted by atomic mass is 9.96. The molecule has 3 heterocycles. The summed E-state index contributed by atoms with van der Waals surface area (Å²) in [5, 5.41) is 1.11. The minimum absolute atomic E-state index is 0.0254. The molecule has 7 heteroatoms. The molecular weight excluding hydrogens is 410 g/mol. The van der Waals surface area contributed by atoms with Gasteiger partial charge in [-0.15, -0.1) is 11.3 Å². The van der Waals surface area contributed by atoms with E-state index in [0.29, 0.717) is 18.8 Å². The summed E-state index contributed by atoms with van der Waals surface area (Å²) in [5.74, 6) is 0.654. The van der Waals surface area contributed by atoms with Gasteiger partial charge < -0.3 is 14.5 Å². The number of ether oxygens (including phenoxy) is 1. The number of hydrogen-bond acceptors (Lipinski definition) is 5. The highest BCUT2D eigenvalue weighted by Gasteiger charge is 2.39. The van der Waals surface area contributed by atoms with Crippen LogP contribution < -0.4 is 9.64 Å². The number of carbonyl (C=O) groups is 2. The topological polar surface area (TPSA) is 62.7 Å². The van der Waals surface area contributed by atoms with Crippen molar-refractivity contribution in [2.75, 3.05) is 31.6 Å². The van der Waals surface area contributed by atoms with Crippen LogP contribution in [0.15, 0.2) is 48.5 Å². The normalized spacial score (nSPS) is 21.6. The summed E-state index contributed by atoms with van der Waals surface area (Å²) >= 11 is 1.73. The number of hydrogen-bond donors (Lipinski definition) is 0. The number of rotatable bonds is 4. The number of para-hydroxylation sites is 3. The molecule has 2 unspecified atom stereocenters. The van der Waals surface area contributed by atoms with Crippen molar-refractivity contribution in [3.05, 3.63) is 53.5 Å². The number of methoxy groups -OCH3 is 1. The summed E-state index contributed by atoms with van der Waals surface area (Å²) in [6.45, 7) is 1.83. The van der Waals surface area contributed by atoms with Crippen molar-refractivity contribution in [2.24, 2.45) is 5.92 Å². The first-order valence-corrected chi connectivity index (χ1v) is 11.5. The Labute approximate surface area is 185 Å². The number of amides is 2. The molecule has 0 spiro atoms. The van der Waals surface area contributed by atoms with Gasteiger partial charge >= 0.3 is 0 Å². The van der Waals surface area contributed by atoms with Crippen molar-refractivity contribution < 1.29 is 14.3 Å². The fraction of sp³-hybridized carbons (Fsp3) is 0.375. The second-order valence-electron chi connectivity index (χ2n) is 8.22. The van der Waals surface area contributed by atoms with Crippen LogP contribution in [0, 0.1) is 5.92 Å². The minimum atomic E-state index is -0.313. The van der Waals surface area contributed by atoms with Crippen LogP contribution in [0.4, 0.5) is 5.69 Å². The number of nitrogens with zero attached hydrogens (tertiary/aromatic N) is 3. The number of anilines is 1. The Bertz CT molecular complexity index is 1090. The van der Waals surface area contributed by atoms with E-state index in [-0.39, 0.29) is 30.1 Å². The van der Waals surface area contributed by atoms with Gasteiger partial charge in [-0.3, -0.25) is 9.59 Å². The maximum absolute atomic E-state index is 13.3. The van der Waals surface area contributed by atoms with Gasteiger partial charge in [-0.2, -0.15) is 0 Å². The summed E-state index contributed by atoms with van der Waals surface area (Å²) < 4.78 is 6.60. The molecule has 2 aromatic carbocycles. The first-order chi connectivity index (χ1) is 15.1. The number of piperidine rings is 1. The third kappa shape index (κ3) is 3.78. The Kier molecular flexibility index (Phi) is 5.36. The molecule has 2 saturated heterocycles. The molecular formula is C24H25N3O3S. The Balaban J connectivity index is 1.30. The van der Waals surface area contributed by atoms with E-state index >= 15 is 0 Å². The van der Waals surface area contributed by atoms with Crippen molar-refractivity contribution in [3.63, 3.8) is 0 Å². The highest BCUT2D eigenvalue weighted by molar-refractivity contribution is 7.18. The van der Waals surface area contributed by atoms with E-state index in [4.69, 9.17) is 9.72 Å². The number of benzene rings is 2. The lowest BCUT2D eigenvalue weighted by Gasteiger charge is -2.33. The number of carbonyl (C=O) groups excluding carboxylic acids is 2. The number of aromatic nitrogens is 1. The SMILES string of the molecule is COc1ccccc1N1CC(C(=O)N2CCCC(c3nc4ccccc4s3)C2)CC1=O. The van der Waals surface area contributed by atoms with Crippen molar-refractivity contribution >= 4 is 39.1 Å². The monoisotopic (exact) mass is 435 g/mol. The van der Waals surface area contributed by atoms with E-state index in [1.165, 1.54) is 4.70 Å². The van der Waals surface area contributed by atoms with Crippen LogP contribution in [0.3, 0.4) is 0 Å². The third-order valence-corrected chi connectivity index (χ3v) is 7.44. The molecule has 1 aromatic heterocycles. The van der Waals surface area contributed by atoms with Gasteiger partial charge in [0.1, 0.15) is 5.75 Å². The molecule has 0 bridgehead atoms. The first kappa shape index (κ1) is 20.0. The van der Waals surface area contributed by atoms with E-state index in [9.17, 15) is 9.59 Å². The van der Waals surface area contributed by atoms with Crippen LogP contribution in [0.1, 0.15) is 30.2 Å². The van der Waals surface area contributed by atoms with Gasteiger partial charge in [0.05, 0.1) is 33.9 Å². The lowest BCUT2D eigenvalue weighted by Crippen LogP contribution is -2.43. The lowest BCUT2D eigenvalue weighted by molar-refractivity contribution is -0.137. The van der Waals surface area contributed by atoms with E-state index in [0.717, 1.165) is 35.6 Å². The molecule has 0 saturated carbocycles. The van der Waals surface area contributed by atoms with Crippen molar-refractivity contribution in [3.8, 4) is 5.75 Å². The zero-order valence-corrected chi connectivity index (χ0v) is 18.3. The van der Waals surface area contributed by atoms with Gasteiger partial charge in [-0.25, -0.2) is 4.98 Å². The molecule has 2 fully saturated rings. The maximum atomic E-state index is 13.3. The number of thiazole rings is 1. The molecule has 2 amide bonds. The van der Waals surface area contributed by atoms with Crippen molar-refractivity contribution in [1.82, 2.24) is 9.88 Å². The second-order valence-corrected chi connectivity index (χ2v) is 9.28. The van der Waals surface area contributed by atoms with E-state index in [1.54, 1.807) is 23.3 Å². The molecule has 0 radical (unpaired) electrons. The first-order valence-electron chi connectivity index (χ1n) is 10.7. The maximum Gasteiger partial charge on any atom is 0.228 e. The van der Waals surface area contributed by atoms with Crippen LogP contribution in [-0.2, 0) is 9.59 Å². The zero-order valence-electron chi connectivity index (χ0n) is 17.5. The average molecular weight is 436 g/mol. The summed E-state index contributed by atoms with van der Waals surface area (Å²) in [5.41, 5.74) is 1.76. The number of likely N-dealkylation sites (tertiary alicyclic amines) is 1. The molecule has 5 rings (SSSR count). The molecule has 2 aliphatic heterocycles. The fourth-order valence-corrected chi connectivity index (χ4v) is 5.75. The minimum Gasteiger partial charge on any atom is -0.495 e. The van der Waals surface area contributed by atoms with Gasteiger partial charge in [-0.05, 0) is 37.1 Å². The summed E-state index contributed by atoms with van der Waals surface area (Å²) in [7, 11) is 1.60. The highest BCUT2D eigenvalue weighted by atomic mass is 32.1. The van der Waals surface area contributed by atoms with Crippen molar-refractivity contribution in [2.45, 2.75) is 25.2 Å². The second kappa shape index (κ2) is 8.30. The molecule has 3 aromatic rings. The Morgan fingerprint density at radius 3 is 2.77 bits per heavy atom. The quantitative estimate of drug-likeness (QED) is 0.620. The van der Waals surface area contributed by atoms with Gasteiger partial charge in [0, 0.05) is 32.0 Å². The van der Waals surface area contributed by atoms with Crippen LogP contribution >= 0.6 is 11.3 Å². The predicted molar refractivity (Wildman–Crippen MR) is 122 cm³/mol. The molecule has 2 aliphatic rings. The zero-order chi connectivity index (χ0) is 21.4. The molecule has 6 nitrogen and oxygen atoms in total. The van der Waals surface area contributed by atoms with Gasteiger partial charge in [-0.1, -0.05) is 24.3 Å². The molecule has 0 N–H and O–H groups in total. The molecule has 160 valence electrons. The third-order valence-electron chi connectivity index (χ3n) is 6.24. The Morgan fingerprint density at radius 1 is 1.13 bits per heavy atom. The van der Waals surface area contributed by atoms with E-state index in [1.807, 2.05) is 47.4 Å². The fourth-order valence-electron chi connectivity index (χ4n) is 4.66. The average Bonchev–Trinajstić information content (AvgIpc) is 3.42. The number of fused-ring (bicyclic) bond motifs is 1. The smallest absolute Gasteiger partial charge is 0.228 e. The highest BCUT2D eigenvalue weighted by Crippen LogP contribution is 2.36. The molecule has 0 aliphatic carbocycles. The summed E-state index contributed by atoms with van der Waals surface area (Å²) in [6, 6.07) is 15.6. The van der Waals surface area contributed by atoms with Crippen LogP contribution in [0.5, 0.6) is 5.75 Å². The summed E-state index contributed by atoms with van der Waals surface area (Å²) in [4.78, 5) is 34.5. The van der Waals surface area contributed by atoms with Crippen LogP contribution in [-0.4, -0.2) is 48.4 Å². The van der Waals surface area contributed by atoms with Gasteiger partial charge in [0.25, 0.3) is 0 Å². The van der Waals surface area contributed by atoms with Crippen molar-refractivity contribution in [1.29, 1.82) is 0 Å². The molecule has 2 atom stereocenters. The summed E-state index contributed by atoms with van der Waals surface area (Å²) in [6.07, 6.45) is 2.25. The van der Waals surface area contributed by atoms with E-state index < -0.39 is 0 Å². The van der Waals surface area contributed by atoms with Gasteiger partial charge in [0.15, 0.2) is 0 Å². The van der Waals surface area contributed by atoms with E-state index in [2.05, 4.69) is 6.07 Å². The Morgan fingerprint density at radius 2 is 1.94 bits per heavy atom.